The summed E-state index contributed by atoms with van der Waals surface area (Å²) < 4.78 is 5.15. The van der Waals surface area contributed by atoms with E-state index in [1.54, 1.807) is 12.1 Å². The molecule has 0 saturated carbocycles. The number of aryl methyl sites for hydroxylation is 1. The monoisotopic (exact) mass is 444 g/mol. The van der Waals surface area contributed by atoms with Crippen molar-refractivity contribution >= 4 is 40.6 Å². The van der Waals surface area contributed by atoms with Gasteiger partial charge in [0.2, 0.25) is 5.91 Å². The van der Waals surface area contributed by atoms with Crippen LogP contribution in [0.1, 0.15) is 5.69 Å². The third kappa shape index (κ3) is 5.46. The lowest BCUT2D eigenvalue weighted by atomic mass is 10.1. The lowest BCUT2D eigenvalue weighted by Gasteiger charge is -2.10. The molecular weight excluding hydrogens is 428 g/mol. The van der Waals surface area contributed by atoms with Gasteiger partial charge in [0.25, 0.3) is 5.69 Å². The molecule has 1 N–H and O–H groups in total. The normalized spacial score (nSPS) is 10.5. The molecule has 0 aliphatic rings. The Morgan fingerprint density at radius 2 is 1.93 bits per heavy atom. The van der Waals surface area contributed by atoms with Crippen LogP contribution in [0.3, 0.4) is 0 Å². The van der Waals surface area contributed by atoms with Crippen LogP contribution in [0.15, 0.2) is 53.7 Å². The number of ether oxygens (including phenoxy) is 1. The van der Waals surface area contributed by atoms with Crippen molar-refractivity contribution in [3.8, 4) is 17.0 Å². The molecular formula is C20H17ClN4O4S. The van der Waals surface area contributed by atoms with Crippen LogP contribution < -0.4 is 10.1 Å². The molecule has 0 atom stereocenters. The molecule has 0 aliphatic carbocycles. The van der Waals surface area contributed by atoms with E-state index in [1.807, 2.05) is 25.1 Å². The minimum Gasteiger partial charge on any atom is -0.495 e. The van der Waals surface area contributed by atoms with Gasteiger partial charge < -0.3 is 10.1 Å². The average Bonchev–Trinajstić information content (AvgIpc) is 2.72. The lowest BCUT2D eigenvalue weighted by Crippen LogP contribution is -2.15. The number of thioether (sulfide) groups is 1. The maximum absolute atomic E-state index is 12.4. The summed E-state index contributed by atoms with van der Waals surface area (Å²) in [6.07, 6.45) is 0. The Bertz CT molecular complexity index is 1090. The molecule has 0 bridgehead atoms. The molecule has 0 radical (unpaired) electrons. The van der Waals surface area contributed by atoms with Crippen molar-refractivity contribution in [2.75, 3.05) is 18.2 Å². The molecule has 3 aromatic rings. The second-order valence-corrected chi connectivity index (χ2v) is 7.54. The zero-order chi connectivity index (χ0) is 21.7. The Hall–Kier alpha value is -3.17. The minimum absolute atomic E-state index is 0.0232. The number of halogens is 1. The number of carbonyl (C=O) groups excluding carboxylic acids is 1. The number of aromatic nitrogens is 2. The second-order valence-electron chi connectivity index (χ2n) is 6.16. The molecule has 30 heavy (non-hydrogen) atoms. The van der Waals surface area contributed by atoms with Gasteiger partial charge in [-0.15, -0.1) is 0 Å². The number of carbonyl (C=O) groups is 1. The van der Waals surface area contributed by atoms with E-state index in [0.29, 0.717) is 15.9 Å². The van der Waals surface area contributed by atoms with Gasteiger partial charge in [0, 0.05) is 28.4 Å². The number of hydrogen-bond donors (Lipinski definition) is 1. The summed E-state index contributed by atoms with van der Waals surface area (Å²) in [7, 11) is 1.42. The lowest BCUT2D eigenvalue weighted by molar-refractivity contribution is -0.384. The van der Waals surface area contributed by atoms with Crippen molar-refractivity contribution in [3.63, 3.8) is 0 Å². The number of nitrogens with one attached hydrogen (secondary N) is 1. The van der Waals surface area contributed by atoms with Crippen molar-refractivity contribution in [2.45, 2.75) is 12.1 Å². The van der Waals surface area contributed by atoms with Gasteiger partial charge in [0.1, 0.15) is 5.75 Å². The number of rotatable bonds is 7. The number of anilines is 1. The van der Waals surface area contributed by atoms with Crippen molar-refractivity contribution in [1.82, 2.24) is 9.97 Å². The van der Waals surface area contributed by atoms with Crippen molar-refractivity contribution in [1.29, 1.82) is 0 Å². The fourth-order valence-corrected chi connectivity index (χ4v) is 3.43. The maximum atomic E-state index is 12.4. The molecule has 1 heterocycles. The van der Waals surface area contributed by atoms with Gasteiger partial charge >= 0.3 is 0 Å². The van der Waals surface area contributed by atoms with Gasteiger partial charge in [0.15, 0.2) is 5.16 Å². The summed E-state index contributed by atoms with van der Waals surface area (Å²) in [6, 6.07) is 13.1. The molecule has 10 heteroatoms. The Morgan fingerprint density at radius 3 is 2.60 bits per heavy atom. The van der Waals surface area contributed by atoms with Crippen LogP contribution in [-0.2, 0) is 4.79 Å². The number of methoxy groups -OCH3 is 1. The first kappa shape index (κ1) is 21.5. The molecule has 1 amide bonds. The van der Waals surface area contributed by atoms with Crippen LogP contribution in [0.5, 0.6) is 5.75 Å². The fraction of sp³-hybridized carbons (Fsp3) is 0.150. The van der Waals surface area contributed by atoms with E-state index >= 15 is 0 Å². The minimum atomic E-state index is -0.539. The van der Waals surface area contributed by atoms with Gasteiger partial charge in [0.05, 0.1) is 29.2 Å². The molecule has 0 fully saturated rings. The number of nitro benzene ring substituents is 1. The molecule has 2 aromatic carbocycles. The summed E-state index contributed by atoms with van der Waals surface area (Å²) >= 11 is 7.10. The topological polar surface area (TPSA) is 107 Å². The predicted molar refractivity (Wildman–Crippen MR) is 116 cm³/mol. The van der Waals surface area contributed by atoms with Crippen molar-refractivity contribution in [2.24, 2.45) is 0 Å². The fourth-order valence-electron chi connectivity index (χ4n) is 2.60. The summed E-state index contributed by atoms with van der Waals surface area (Å²) in [6.45, 7) is 1.85. The Balaban J connectivity index is 1.71. The molecule has 3 rings (SSSR count). The van der Waals surface area contributed by atoms with Crippen molar-refractivity contribution in [3.05, 3.63) is 69.4 Å². The largest absolute Gasteiger partial charge is 0.495 e. The predicted octanol–water partition coefficient (Wildman–Crippen LogP) is 4.75. The summed E-state index contributed by atoms with van der Waals surface area (Å²) in [5.74, 6) is -0.0113. The van der Waals surface area contributed by atoms with Crippen LogP contribution >= 0.6 is 23.4 Å². The van der Waals surface area contributed by atoms with Crippen LogP contribution in [-0.4, -0.2) is 33.7 Å². The SMILES string of the molecule is COc1ccc([N+](=O)[O-])cc1NC(=O)CSc1nc(C)cc(-c2ccc(Cl)cc2)n1. The van der Waals surface area contributed by atoms with Gasteiger partial charge in [-0.3, -0.25) is 14.9 Å². The standard InChI is InChI=1S/C20H17ClN4O4S/c1-12-9-16(13-3-5-14(21)6-4-13)24-20(22-12)30-11-19(26)23-17-10-15(25(27)28)7-8-18(17)29-2/h3-10H,11H2,1-2H3,(H,23,26). The number of nitrogens with zero attached hydrogens (tertiary/aromatic N) is 3. The van der Waals surface area contributed by atoms with E-state index in [9.17, 15) is 14.9 Å². The zero-order valence-electron chi connectivity index (χ0n) is 16.1. The number of nitro groups is 1. The highest BCUT2D eigenvalue weighted by molar-refractivity contribution is 7.99. The molecule has 154 valence electrons. The van der Waals surface area contributed by atoms with Gasteiger partial charge in [-0.05, 0) is 31.2 Å². The summed E-state index contributed by atoms with van der Waals surface area (Å²) in [5, 5.41) is 14.7. The van der Waals surface area contributed by atoms with Crippen LogP contribution in [0.2, 0.25) is 5.02 Å². The smallest absolute Gasteiger partial charge is 0.271 e. The highest BCUT2D eigenvalue weighted by Gasteiger charge is 2.15. The number of amides is 1. The number of non-ortho nitro benzene ring substituents is 1. The van der Waals surface area contributed by atoms with E-state index in [-0.39, 0.29) is 23.0 Å². The maximum Gasteiger partial charge on any atom is 0.271 e. The van der Waals surface area contributed by atoms with E-state index in [4.69, 9.17) is 16.3 Å². The quantitative estimate of drug-likeness (QED) is 0.242. The van der Waals surface area contributed by atoms with E-state index in [1.165, 1.54) is 25.3 Å². The number of benzene rings is 2. The van der Waals surface area contributed by atoms with Gasteiger partial charge in [-0.1, -0.05) is 35.5 Å². The van der Waals surface area contributed by atoms with Gasteiger partial charge in [-0.25, -0.2) is 9.97 Å². The number of hydrogen-bond acceptors (Lipinski definition) is 7. The van der Waals surface area contributed by atoms with E-state index in [2.05, 4.69) is 15.3 Å². The van der Waals surface area contributed by atoms with Crippen LogP contribution in [0, 0.1) is 17.0 Å². The Labute approximate surface area is 181 Å². The molecule has 1 aromatic heterocycles. The van der Waals surface area contributed by atoms with E-state index < -0.39 is 4.92 Å². The first-order valence-corrected chi connectivity index (χ1v) is 10.1. The zero-order valence-corrected chi connectivity index (χ0v) is 17.7. The Morgan fingerprint density at radius 1 is 1.20 bits per heavy atom. The molecule has 0 aliphatic heterocycles. The first-order valence-electron chi connectivity index (χ1n) is 8.72. The molecule has 0 saturated heterocycles. The Kier molecular flexibility index (Phi) is 6.86. The first-order chi connectivity index (χ1) is 14.4. The van der Waals surface area contributed by atoms with Crippen molar-refractivity contribution < 1.29 is 14.5 Å². The molecule has 0 unspecified atom stereocenters. The third-order valence-corrected chi connectivity index (χ3v) is 5.07. The second kappa shape index (κ2) is 9.55. The third-order valence-electron chi connectivity index (χ3n) is 3.97. The van der Waals surface area contributed by atoms with Crippen LogP contribution in [0.25, 0.3) is 11.3 Å². The summed E-state index contributed by atoms with van der Waals surface area (Å²) in [4.78, 5) is 31.7. The summed E-state index contributed by atoms with van der Waals surface area (Å²) in [5.41, 5.74) is 2.45. The van der Waals surface area contributed by atoms with Crippen LogP contribution in [0.4, 0.5) is 11.4 Å². The van der Waals surface area contributed by atoms with E-state index in [0.717, 1.165) is 28.7 Å². The highest BCUT2D eigenvalue weighted by atomic mass is 35.5. The van der Waals surface area contributed by atoms with Gasteiger partial charge in [-0.2, -0.15) is 0 Å². The average molecular weight is 445 g/mol. The molecule has 8 nitrogen and oxygen atoms in total. The molecule has 0 spiro atoms. The highest BCUT2D eigenvalue weighted by Crippen LogP contribution is 2.29.